The van der Waals surface area contributed by atoms with Crippen molar-refractivity contribution in [2.45, 2.75) is 103 Å². The van der Waals surface area contributed by atoms with Gasteiger partial charge in [0.1, 0.15) is 11.3 Å². The van der Waals surface area contributed by atoms with Crippen LogP contribution in [0.3, 0.4) is 0 Å². The van der Waals surface area contributed by atoms with E-state index in [0.29, 0.717) is 6.92 Å². The van der Waals surface area contributed by atoms with Crippen molar-refractivity contribution >= 4 is 17.1 Å². The van der Waals surface area contributed by atoms with Gasteiger partial charge in [0.15, 0.2) is 5.65 Å². The van der Waals surface area contributed by atoms with Crippen LogP contribution in [0.4, 0.5) is 0 Å². The normalized spacial score (nSPS) is 46.1. The fraction of sp³-hybridized carbons (Fsp3) is 0.739. The zero-order chi connectivity index (χ0) is 45.5. The number of carbonyl (C=O) groups is 1. The molecular weight excluding hydrogens is 396 g/mol. The summed E-state index contributed by atoms with van der Waals surface area (Å²) in [7, 11) is 0. The molecule has 31 heavy (non-hydrogen) atoms. The molecule has 0 aliphatic heterocycles. The van der Waals surface area contributed by atoms with Crippen molar-refractivity contribution in [1.82, 2.24) is 19.1 Å². The van der Waals surface area contributed by atoms with Crippen LogP contribution >= 0.6 is 0 Å². The number of carboxylic acid groups (broad SMARTS) is 1. The van der Waals surface area contributed by atoms with Gasteiger partial charge in [-0.2, -0.15) is 0 Å². The van der Waals surface area contributed by atoms with Crippen LogP contribution in [-0.2, 0) is 23.3 Å². The van der Waals surface area contributed by atoms with E-state index in [0.717, 1.165) is 0 Å². The monoisotopic (exact) mass is 458 g/mol. The second-order valence-electron chi connectivity index (χ2n) is 6.47. The molecule has 0 aromatic carbocycles. The highest BCUT2D eigenvalue weighted by Gasteiger charge is 2.42. The van der Waals surface area contributed by atoms with Gasteiger partial charge in [0.05, 0.1) is 0 Å². The van der Waals surface area contributed by atoms with Gasteiger partial charge in [-0.15, -0.1) is 0 Å². The molecule has 0 radical (unpaired) electrons. The van der Waals surface area contributed by atoms with Crippen LogP contribution < -0.4 is 11.2 Å². The minimum atomic E-state index is -4.99. The molecule has 0 atom stereocenters. The van der Waals surface area contributed by atoms with E-state index in [2.05, 4.69) is 4.98 Å². The standard InChI is InChI=1S/C23H36N4O4/c1-5-14-26-18-17(19(30)27(15-6-2)21(26)31)24-20(25-18)22(4)10-12-23(7-3,13-11-22)9-8-16(28)29/h5-15H2,1-4H3,(H,24,25)(H,28,29)/i1D3,2D3,3D2,5D2,6D2,7D2,8D2,9D2,10D2,11D2,12D2,13D2. The van der Waals surface area contributed by atoms with Gasteiger partial charge >= 0.3 is 11.7 Å². The summed E-state index contributed by atoms with van der Waals surface area (Å²) in [5, 5.41) is 9.68. The van der Waals surface area contributed by atoms with Gasteiger partial charge in [-0.3, -0.25) is 18.7 Å². The maximum Gasteiger partial charge on any atom is 0.332 e. The molecule has 0 spiro atoms. The highest BCUT2D eigenvalue weighted by atomic mass is 16.4. The van der Waals surface area contributed by atoms with E-state index in [1.165, 1.54) is 0 Å². The molecule has 2 aromatic rings. The van der Waals surface area contributed by atoms with E-state index in [1.54, 1.807) is 0 Å². The maximum atomic E-state index is 13.8. The summed E-state index contributed by atoms with van der Waals surface area (Å²) in [5.41, 5.74) is -14.7. The Labute approximate surface area is 219 Å². The van der Waals surface area contributed by atoms with Gasteiger partial charge < -0.3 is 10.1 Å². The Kier molecular flexibility index (Phi) is 1.98. The van der Waals surface area contributed by atoms with E-state index < -0.39 is 136 Å². The summed E-state index contributed by atoms with van der Waals surface area (Å²) < 4.78 is 216. The Morgan fingerprint density at radius 2 is 1.90 bits per heavy atom. The average Bonchev–Trinajstić information content (AvgIpc) is 3.44. The van der Waals surface area contributed by atoms with E-state index in [-0.39, 0.29) is 9.13 Å². The summed E-state index contributed by atoms with van der Waals surface area (Å²) >= 11 is 0. The first-order chi connectivity index (χ1) is 24.7. The Balaban J connectivity index is 2.72. The van der Waals surface area contributed by atoms with Crippen LogP contribution in [0.5, 0.6) is 0 Å². The minimum absolute atomic E-state index is 0.0348. The smallest absolute Gasteiger partial charge is 0.332 e. The van der Waals surface area contributed by atoms with E-state index >= 15 is 0 Å². The first-order valence-corrected chi connectivity index (χ1v) is 8.56. The molecule has 8 nitrogen and oxygen atoms in total. The average molecular weight is 459 g/mol. The summed E-state index contributed by atoms with van der Waals surface area (Å²) in [6.07, 6.45) is -39.6. The van der Waals surface area contributed by atoms with Crippen molar-refractivity contribution in [3.05, 3.63) is 26.7 Å². The number of aliphatic carboxylic acids is 1. The summed E-state index contributed by atoms with van der Waals surface area (Å²) in [6.45, 7) is -13.4. The van der Waals surface area contributed by atoms with Gasteiger partial charge in [0.25, 0.3) is 5.56 Å². The summed E-state index contributed by atoms with van der Waals surface area (Å²) in [6, 6.07) is 0. The molecule has 0 unspecified atom stereocenters. The van der Waals surface area contributed by atoms with E-state index in [9.17, 15) is 19.5 Å². The molecule has 0 amide bonds. The topological polar surface area (TPSA) is 110 Å². The van der Waals surface area contributed by atoms with Crippen molar-refractivity contribution in [2.75, 3.05) is 0 Å². The number of hydrogen-bond acceptors (Lipinski definition) is 4. The molecule has 2 heterocycles. The van der Waals surface area contributed by atoms with Crippen LogP contribution in [0.15, 0.2) is 9.59 Å². The van der Waals surface area contributed by atoms with Crippen molar-refractivity contribution in [1.29, 1.82) is 0 Å². The van der Waals surface area contributed by atoms with Gasteiger partial charge in [-0.1, -0.05) is 33.9 Å². The number of imidazole rings is 1. The Morgan fingerprint density at radius 3 is 2.52 bits per heavy atom. The Hall–Kier alpha value is -2.38. The lowest BCUT2D eigenvalue weighted by molar-refractivity contribution is -0.137. The molecule has 3 rings (SSSR count). The first kappa shape index (κ1) is 6.81. The largest absolute Gasteiger partial charge is 0.481 e. The SMILES string of the molecule is [2H]C([2H])C([2H])([2H])C1(C([2H])([2H])C([2H])([2H])C(=O)O)C([2H])([2H])C([2H])([2H])C(C)(c2nc3c([nH]2)c(=O)n(CC([2H])([2H])C([2H])([2H])[2H])c(=O)n3CC([2H])([2H])C([2H])([2H])[2H])C([2H])([2H])C1([2H])[2H]. The minimum Gasteiger partial charge on any atom is -0.481 e. The second-order valence-corrected chi connectivity index (χ2v) is 6.47. The number of aromatic amines is 1. The van der Waals surface area contributed by atoms with Crippen LogP contribution in [0.25, 0.3) is 11.2 Å². The molecule has 1 aliphatic carbocycles. The number of aryl methyl sites for hydroxylation is 1. The quantitative estimate of drug-likeness (QED) is 0.594. The third-order valence-electron chi connectivity index (χ3n) is 4.38. The molecule has 1 saturated carbocycles. The van der Waals surface area contributed by atoms with Crippen molar-refractivity contribution in [3.8, 4) is 0 Å². The Bertz CT molecular complexity index is 2030. The summed E-state index contributed by atoms with van der Waals surface area (Å²) in [4.78, 5) is 45.5. The van der Waals surface area contributed by atoms with Crippen molar-refractivity contribution in [2.24, 2.45) is 5.41 Å². The number of fused-ring (bicyclic) bond motifs is 1. The molecule has 2 aromatic heterocycles. The molecule has 0 saturated heterocycles. The third-order valence-corrected chi connectivity index (χ3v) is 4.38. The second kappa shape index (κ2) is 9.01. The molecule has 172 valence electrons. The van der Waals surface area contributed by atoms with Crippen LogP contribution in [0.2, 0.25) is 0 Å². The number of nitrogens with zero attached hydrogens (tertiary/aromatic N) is 3. The van der Waals surface area contributed by atoms with Crippen LogP contribution in [-0.4, -0.2) is 30.2 Å². The fourth-order valence-electron chi connectivity index (χ4n) is 2.78. The van der Waals surface area contributed by atoms with E-state index in [4.69, 9.17) is 35.6 Å². The molecule has 0 bridgehead atoms. The predicted octanol–water partition coefficient (Wildman–Crippen LogP) is 3.80. The predicted molar refractivity (Wildman–Crippen MR) is 121 cm³/mol. The molecular formula is C23H36N4O4. The number of H-pyrrole nitrogens is 1. The lowest BCUT2D eigenvalue weighted by Gasteiger charge is -2.44. The maximum absolute atomic E-state index is 13.8. The Morgan fingerprint density at radius 1 is 1.23 bits per heavy atom. The molecule has 8 heteroatoms. The summed E-state index contributed by atoms with van der Waals surface area (Å²) in [5.74, 6) is -4.29. The number of rotatable bonds is 9. The van der Waals surface area contributed by atoms with Crippen LogP contribution in [0.1, 0.15) is 126 Å². The van der Waals surface area contributed by atoms with Crippen molar-refractivity contribution < 1.29 is 45.5 Å². The van der Waals surface area contributed by atoms with E-state index in [1.807, 2.05) is 4.98 Å². The van der Waals surface area contributed by atoms with Crippen LogP contribution in [0, 0.1) is 5.41 Å². The third kappa shape index (κ3) is 4.34. The molecule has 2 N–H and O–H groups in total. The van der Waals surface area contributed by atoms with Gasteiger partial charge in [0, 0.05) is 60.5 Å². The number of nitrogens with one attached hydrogen (secondary N) is 1. The van der Waals surface area contributed by atoms with Gasteiger partial charge in [-0.25, -0.2) is 9.78 Å². The number of carboxylic acids is 1. The molecule has 1 aliphatic rings. The van der Waals surface area contributed by atoms with Gasteiger partial charge in [0.2, 0.25) is 0 Å². The lowest BCUT2D eigenvalue weighted by atomic mass is 9.61. The number of aromatic nitrogens is 4. The fourth-order valence-corrected chi connectivity index (χ4v) is 2.78. The van der Waals surface area contributed by atoms with Gasteiger partial charge in [-0.05, 0) is 50.0 Å². The van der Waals surface area contributed by atoms with Crippen molar-refractivity contribution in [3.63, 3.8) is 0 Å². The zero-order valence-electron chi connectivity index (χ0n) is 42.0. The number of hydrogen-bond donors (Lipinski definition) is 2. The zero-order valence-corrected chi connectivity index (χ0v) is 16.0. The molecule has 1 fully saturated rings. The highest BCUT2D eigenvalue weighted by Crippen LogP contribution is 2.50. The highest BCUT2D eigenvalue weighted by molar-refractivity contribution is 5.70. The lowest BCUT2D eigenvalue weighted by Crippen LogP contribution is -2.40. The first-order valence-electron chi connectivity index (χ1n) is 21.7.